The number of nitro benzene ring substituents is 1. The molecule has 2 N–H and O–H groups in total. The number of carboxylic acid groups (broad SMARTS) is 1. The van der Waals surface area contributed by atoms with Crippen LogP contribution in [-0.4, -0.2) is 29.0 Å². The molecule has 0 heterocycles. The monoisotopic (exact) mass is 247 g/mol. The first-order valence-electron chi connectivity index (χ1n) is 3.73. The van der Waals surface area contributed by atoms with Gasteiger partial charge >= 0.3 is 5.97 Å². The molecule has 0 aromatic heterocycles. The van der Waals surface area contributed by atoms with E-state index in [1.165, 1.54) is 0 Å². The maximum atomic E-state index is 10.8. The van der Waals surface area contributed by atoms with Crippen molar-refractivity contribution in [3.05, 3.63) is 33.9 Å². The Kier molecular flexibility index (Phi) is 2.92. The van der Waals surface area contributed by atoms with E-state index in [0.29, 0.717) is 0 Å². The Balaban J connectivity index is 3.72. The molecule has 0 aliphatic carbocycles. The van der Waals surface area contributed by atoms with E-state index in [4.69, 9.17) is 9.66 Å². The van der Waals surface area contributed by atoms with E-state index in [1.54, 1.807) is 0 Å². The molecule has 0 saturated heterocycles. The van der Waals surface area contributed by atoms with Crippen LogP contribution in [0.15, 0.2) is 23.1 Å². The van der Waals surface area contributed by atoms with Crippen LogP contribution in [0, 0.1) is 10.1 Å². The quantitative estimate of drug-likeness (QED) is 0.452. The highest BCUT2D eigenvalue weighted by Crippen LogP contribution is 2.25. The van der Waals surface area contributed by atoms with Gasteiger partial charge in [0.1, 0.15) is 4.90 Å². The number of hydrogen-bond donors (Lipinski definition) is 2. The van der Waals surface area contributed by atoms with Gasteiger partial charge in [0.15, 0.2) is 5.56 Å². The molecule has 0 aliphatic rings. The second kappa shape index (κ2) is 3.87. The Bertz CT molecular complexity index is 562. The van der Waals surface area contributed by atoms with E-state index in [9.17, 15) is 23.3 Å². The number of rotatable bonds is 3. The number of nitrogens with zero attached hydrogens (tertiary/aromatic N) is 1. The van der Waals surface area contributed by atoms with Gasteiger partial charge < -0.3 is 5.11 Å². The molecule has 8 nitrogen and oxygen atoms in total. The summed E-state index contributed by atoms with van der Waals surface area (Å²) in [5.74, 6) is -1.81. The van der Waals surface area contributed by atoms with Gasteiger partial charge in [-0.15, -0.1) is 0 Å². The summed E-state index contributed by atoms with van der Waals surface area (Å²) in [5, 5.41) is 19.1. The normalized spacial score (nSPS) is 11.1. The van der Waals surface area contributed by atoms with Crippen molar-refractivity contribution in [2.75, 3.05) is 0 Å². The van der Waals surface area contributed by atoms with E-state index >= 15 is 0 Å². The molecular formula is C7H5NO7S. The standard InChI is InChI=1S/C7H5NO7S/c9-7(10)6-4(8(11)12)2-1-3-5(6)16(13,14)15/h1-3H,(H,9,10)(H,13,14,15). The lowest BCUT2D eigenvalue weighted by molar-refractivity contribution is -0.385. The molecule has 86 valence electrons. The second-order valence-electron chi connectivity index (χ2n) is 2.69. The van der Waals surface area contributed by atoms with Gasteiger partial charge in [-0.25, -0.2) is 4.79 Å². The topological polar surface area (TPSA) is 135 Å². The zero-order valence-electron chi connectivity index (χ0n) is 7.52. The third-order valence-electron chi connectivity index (χ3n) is 1.69. The Morgan fingerprint density at radius 2 is 1.94 bits per heavy atom. The second-order valence-corrected chi connectivity index (χ2v) is 4.08. The summed E-state index contributed by atoms with van der Waals surface area (Å²) in [4.78, 5) is 19.1. The number of nitro groups is 1. The van der Waals surface area contributed by atoms with Gasteiger partial charge in [-0.1, -0.05) is 6.07 Å². The Morgan fingerprint density at radius 3 is 2.31 bits per heavy atom. The lowest BCUT2D eigenvalue weighted by Gasteiger charge is -2.02. The first-order valence-corrected chi connectivity index (χ1v) is 5.17. The molecule has 0 spiro atoms. The molecule has 0 radical (unpaired) electrons. The summed E-state index contributed by atoms with van der Waals surface area (Å²) < 4.78 is 30.3. The largest absolute Gasteiger partial charge is 0.477 e. The van der Waals surface area contributed by atoms with Crippen molar-refractivity contribution in [3.8, 4) is 0 Å². The number of benzene rings is 1. The number of hydrogen-bond acceptors (Lipinski definition) is 5. The van der Waals surface area contributed by atoms with Gasteiger partial charge in [-0.2, -0.15) is 8.42 Å². The highest BCUT2D eigenvalue weighted by atomic mass is 32.2. The first kappa shape index (κ1) is 12.1. The van der Waals surface area contributed by atoms with Crippen molar-refractivity contribution < 1.29 is 27.8 Å². The number of aromatic carboxylic acids is 1. The maximum Gasteiger partial charge on any atom is 0.344 e. The van der Waals surface area contributed by atoms with E-state index in [-0.39, 0.29) is 0 Å². The lowest BCUT2D eigenvalue weighted by atomic mass is 10.2. The molecule has 1 aromatic rings. The van der Waals surface area contributed by atoms with E-state index in [0.717, 1.165) is 18.2 Å². The molecule has 0 saturated carbocycles. The van der Waals surface area contributed by atoms with Crippen molar-refractivity contribution in [2.24, 2.45) is 0 Å². The third-order valence-corrected chi connectivity index (χ3v) is 2.59. The van der Waals surface area contributed by atoms with Gasteiger partial charge in [-0.05, 0) is 6.07 Å². The summed E-state index contributed by atoms with van der Waals surface area (Å²) in [7, 11) is -4.82. The van der Waals surface area contributed by atoms with Crippen LogP contribution < -0.4 is 0 Å². The van der Waals surface area contributed by atoms with Crippen LogP contribution >= 0.6 is 0 Å². The minimum Gasteiger partial charge on any atom is -0.477 e. The van der Waals surface area contributed by atoms with Gasteiger partial charge in [0.05, 0.1) is 4.92 Å². The van der Waals surface area contributed by atoms with Gasteiger partial charge in [0.25, 0.3) is 15.8 Å². The number of carbonyl (C=O) groups is 1. The molecule has 0 aliphatic heterocycles. The van der Waals surface area contributed by atoms with E-state index < -0.39 is 37.2 Å². The summed E-state index contributed by atoms with van der Waals surface area (Å²) in [6.07, 6.45) is 0. The first-order chi connectivity index (χ1) is 7.25. The Hall–Kier alpha value is -2.00. The molecule has 0 bridgehead atoms. The van der Waals surface area contributed by atoms with Crippen molar-refractivity contribution in [1.82, 2.24) is 0 Å². The smallest absolute Gasteiger partial charge is 0.344 e. The molecule has 9 heteroatoms. The zero-order chi connectivity index (χ0) is 12.5. The lowest BCUT2D eigenvalue weighted by Crippen LogP contribution is -2.10. The van der Waals surface area contributed by atoms with Gasteiger partial charge in [0.2, 0.25) is 0 Å². The summed E-state index contributed by atoms with van der Waals surface area (Å²) >= 11 is 0. The Morgan fingerprint density at radius 1 is 1.38 bits per heavy atom. The maximum absolute atomic E-state index is 10.8. The van der Waals surface area contributed by atoms with Crippen LogP contribution in [0.1, 0.15) is 10.4 Å². The fourth-order valence-electron chi connectivity index (χ4n) is 1.10. The van der Waals surface area contributed by atoms with Crippen LogP contribution in [0.25, 0.3) is 0 Å². The Labute approximate surface area is 89.0 Å². The predicted octanol–water partition coefficient (Wildman–Crippen LogP) is 0.540. The molecule has 0 amide bonds. The fraction of sp³-hybridized carbons (Fsp3) is 0. The minimum atomic E-state index is -4.82. The SMILES string of the molecule is O=C(O)c1c([N+](=O)[O-])cccc1S(=O)(=O)O. The van der Waals surface area contributed by atoms with Gasteiger partial charge in [-0.3, -0.25) is 14.7 Å². The molecule has 16 heavy (non-hydrogen) atoms. The van der Waals surface area contributed by atoms with E-state index in [2.05, 4.69) is 0 Å². The predicted molar refractivity (Wildman–Crippen MR) is 49.9 cm³/mol. The van der Waals surface area contributed by atoms with E-state index in [1.807, 2.05) is 0 Å². The molecular weight excluding hydrogens is 242 g/mol. The number of carboxylic acids is 1. The van der Waals surface area contributed by atoms with Crippen LogP contribution in [-0.2, 0) is 10.1 Å². The molecule has 1 aromatic carbocycles. The third kappa shape index (κ3) is 2.15. The van der Waals surface area contributed by atoms with Gasteiger partial charge in [0, 0.05) is 6.07 Å². The molecule has 1 rings (SSSR count). The average Bonchev–Trinajstić information content (AvgIpc) is 2.14. The van der Waals surface area contributed by atoms with Crippen LogP contribution in [0.2, 0.25) is 0 Å². The van der Waals surface area contributed by atoms with Crippen molar-refractivity contribution in [1.29, 1.82) is 0 Å². The van der Waals surface area contributed by atoms with Crippen LogP contribution in [0.3, 0.4) is 0 Å². The fourth-order valence-corrected chi connectivity index (χ4v) is 1.80. The summed E-state index contributed by atoms with van der Waals surface area (Å²) in [5.41, 5.74) is -1.96. The van der Waals surface area contributed by atoms with Crippen molar-refractivity contribution in [2.45, 2.75) is 4.90 Å². The van der Waals surface area contributed by atoms with Crippen molar-refractivity contribution in [3.63, 3.8) is 0 Å². The highest BCUT2D eigenvalue weighted by Gasteiger charge is 2.29. The van der Waals surface area contributed by atoms with Crippen molar-refractivity contribution >= 4 is 21.8 Å². The molecule has 0 atom stereocenters. The minimum absolute atomic E-state index is 0.770. The molecule has 0 unspecified atom stereocenters. The summed E-state index contributed by atoms with van der Waals surface area (Å²) in [6.45, 7) is 0. The van der Waals surface area contributed by atoms with Crippen LogP contribution in [0.4, 0.5) is 5.69 Å². The highest BCUT2D eigenvalue weighted by molar-refractivity contribution is 7.86. The molecule has 0 fully saturated rings. The zero-order valence-corrected chi connectivity index (χ0v) is 8.34. The summed E-state index contributed by atoms with van der Waals surface area (Å²) in [6, 6.07) is 2.57. The van der Waals surface area contributed by atoms with Crippen LogP contribution in [0.5, 0.6) is 0 Å². The average molecular weight is 247 g/mol.